The summed E-state index contributed by atoms with van der Waals surface area (Å²) in [5, 5.41) is 6.23. The Morgan fingerprint density at radius 2 is 2.05 bits per heavy atom. The Morgan fingerprint density at radius 3 is 2.74 bits per heavy atom. The predicted molar refractivity (Wildman–Crippen MR) is 72.0 cm³/mol. The molecule has 0 aromatic carbocycles. The van der Waals surface area contributed by atoms with Gasteiger partial charge in [0.25, 0.3) is 0 Å². The highest BCUT2D eigenvalue weighted by molar-refractivity contribution is 5.80. The molecule has 0 aliphatic carbocycles. The summed E-state index contributed by atoms with van der Waals surface area (Å²) in [6, 6.07) is 0.291. The van der Waals surface area contributed by atoms with Crippen LogP contribution in [0.5, 0.6) is 0 Å². The van der Waals surface area contributed by atoms with E-state index in [1.165, 1.54) is 0 Å². The van der Waals surface area contributed by atoms with Crippen LogP contribution in [0.25, 0.3) is 0 Å². The normalized spacial score (nSPS) is 30.2. The summed E-state index contributed by atoms with van der Waals surface area (Å²) in [4.78, 5) is 14.5. The third kappa shape index (κ3) is 4.14. The second-order valence-corrected chi connectivity index (χ2v) is 5.36. The van der Waals surface area contributed by atoms with Gasteiger partial charge in [0.15, 0.2) is 0 Å². The van der Waals surface area contributed by atoms with Crippen molar-refractivity contribution >= 4 is 5.91 Å². The van der Waals surface area contributed by atoms with Crippen LogP contribution < -0.4 is 10.6 Å². The summed E-state index contributed by atoms with van der Waals surface area (Å²) in [6.07, 6.45) is 0. The van der Waals surface area contributed by atoms with Crippen LogP contribution in [0.1, 0.15) is 6.92 Å². The lowest BCUT2D eigenvalue weighted by atomic mass is 10.0. The minimum atomic E-state index is -0.0721. The summed E-state index contributed by atoms with van der Waals surface area (Å²) < 4.78 is 10.7. The van der Waals surface area contributed by atoms with Crippen molar-refractivity contribution in [3.8, 4) is 0 Å². The van der Waals surface area contributed by atoms with Crippen LogP contribution >= 0.6 is 0 Å². The van der Waals surface area contributed by atoms with E-state index < -0.39 is 0 Å². The Kier molecular flexibility index (Phi) is 5.57. The van der Waals surface area contributed by atoms with Gasteiger partial charge in [-0.15, -0.1) is 0 Å². The number of nitrogens with one attached hydrogen (secondary N) is 2. The van der Waals surface area contributed by atoms with Gasteiger partial charge in [0.05, 0.1) is 32.3 Å². The van der Waals surface area contributed by atoms with Gasteiger partial charge in [0, 0.05) is 31.7 Å². The zero-order valence-corrected chi connectivity index (χ0v) is 11.9. The molecular weight excluding hydrogens is 246 g/mol. The lowest BCUT2D eigenvalue weighted by Crippen LogP contribution is -2.49. The number of hydrogen-bond donors (Lipinski definition) is 2. The van der Waals surface area contributed by atoms with E-state index in [9.17, 15) is 4.79 Å². The molecule has 2 heterocycles. The van der Waals surface area contributed by atoms with Crippen molar-refractivity contribution < 1.29 is 14.3 Å². The van der Waals surface area contributed by atoms with Crippen molar-refractivity contribution in [3.05, 3.63) is 0 Å². The van der Waals surface area contributed by atoms with E-state index in [1.807, 2.05) is 7.05 Å². The largest absolute Gasteiger partial charge is 0.379 e. The first-order chi connectivity index (χ1) is 9.20. The molecule has 0 spiro atoms. The molecular formula is C13H25N3O3. The zero-order valence-electron chi connectivity index (χ0n) is 11.9. The van der Waals surface area contributed by atoms with Crippen molar-refractivity contribution in [2.45, 2.75) is 19.0 Å². The van der Waals surface area contributed by atoms with Crippen molar-refractivity contribution in [1.29, 1.82) is 0 Å². The summed E-state index contributed by atoms with van der Waals surface area (Å²) in [5.74, 6) is 0.0229. The molecule has 0 saturated carbocycles. The van der Waals surface area contributed by atoms with Gasteiger partial charge in [-0.25, -0.2) is 0 Å². The first kappa shape index (κ1) is 14.7. The minimum absolute atomic E-state index is 0.0721. The lowest BCUT2D eigenvalue weighted by Gasteiger charge is -2.30. The molecule has 6 nitrogen and oxygen atoms in total. The van der Waals surface area contributed by atoms with Crippen LogP contribution in [0.15, 0.2) is 0 Å². The van der Waals surface area contributed by atoms with E-state index in [2.05, 4.69) is 22.5 Å². The van der Waals surface area contributed by atoms with Gasteiger partial charge < -0.3 is 20.1 Å². The highest BCUT2D eigenvalue weighted by Crippen LogP contribution is 2.13. The first-order valence-corrected chi connectivity index (χ1v) is 7.06. The summed E-state index contributed by atoms with van der Waals surface area (Å²) in [6.45, 7) is 7.55. The maximum absolute atomic E-state index is 12.2. The monoisotopic (exact) mass is 271 g/mol. The van der Waals surface area contributed by atoms with Gasteiger partial charge in [0.1, 0.15) is 0 Å². The van der Waals surface area contributed by atoms with E-state index in [1.54, 1.807) is 0 Å². The topological polar surface area (TPSA) is 62.8 Å². The highest BCUT2D eigenvalue weighted by Gasteiger charge is 2.33. The van der Waals surface area contributed by atoms with Crippen molar-refractivity contribution in [2.24, 2.45) is 5.92 Å². The second kappa shape index (κ2) is 7.19. The summed E-state index contributed by atoms with van der Waals surface area (Å²) >= 11 is 0. The van der Waals surface area contributed by atoms with Crippen molar-refractivity contribution in [3.63, 3.8) is 0 Å². The van der Waals surface area contributed by atoms with Crippen LogP contribution in [0.3, 0.4) is 0 Å². The Balaban J connectivity index is 1.74. The van der Waals surface area contributed by atoms with Gasteiger partial charge in [-0.05, 0) is 14.0 Å². The summed E-state index contributed by atoms with van der Waals surface area (Å²) in [5.41, 5.74) is 0. The molecule has 0 aromatic heterocycles. The van der Waals surface area contributed by atoms with Crippen LogP contribution in [-0.2, 0) is 14.3 Å². The van der Waals surface area contributed by atoms with Gasteiger partial charge in [-0.2, -0.15) is 0 Å². The van der Waals surface area contributed by atoms with E-state index in [4.69, 9.17) is 9.47 Å². The summed E-state index contributed by atoms with van der Waals surface area (Å²) in [7, 11) is 1.87. The highest BCUT2D eigenvalue weighted by atomic mass is 16.5. The fourth-order valence-corrected chi connectivity index (χ4v) is 2.66. The van der Waals surface area contributed by atoms with E-state index in [0.29, 0.717) is 13.2 Å². The predicted octanol–water partition coefficient (Wildman–Crippen LogP) is -0.942. The molecule has 0 bridgehead atoms. The Bertz CT molecular complexity index is 295. The molecule has 2 fully saturated rings. The zero-order chi connectivity index (χ0) is 13.7. The van der Waals surface area contributed by atoms with Crippen LogP contribution in [0, 0.1) is 5.92 Å². The molecule has 2 N–H and O–H groups in total. The molecule has 3 atom stereocenters. The molecule has 2 aliphatic rings. The standard InChI is InChI=1S/C13H25N3O3/c1-10(7-16-3-5-18-6-4-16)15-13(17)11-8-19-9-12(11)14-2/h10-12,14H,3-9H2,1-2H3,(H,15,17). The minimum Gasteiger partial charge on any atom is -0.379 e. The number of carbonyl (C=O) groups is 1. The Labute approximate surface area is 114 Å². The molecule has 2 saturated heterocycles. The van der Waals surface area contributed by atoms with Crippen LogP contribution in [-0.4, -0.2) is 76.0 Å². The molecule has 2 aliphatic heterocycles. The fourth-order valence-electron chi connectivity index (χ4n) is 2.66. The van der Waals surface area contributed by atoms with E-state index >= 15 is 0 Å². The molecule has 0 radical (unpaired) electrons. The van der Waals surface area contributed by atoms with E-state index in [-0.39, 0.29) is 23.9 Å². The van der Waals surface area contributed by atoms with Crippen molar-refractivity contribution in [2.75, 3.05) is 53.1 Å². The molecule has 110 valence electrons. The van der Waals surface area contributed by atoms with Gasteiger partial charge in [-0.1, -0.05) is 0 Å². The molecule has 0 aromatic rings. The third-order valence-corrected chi connectivity index (χ3v) is 3.81. The molecule has 19 heavy (non-hydrogen) atoms. The van der Waals surface area contributed by atoms with Gasteiger partial charge in [-0.3, -0.25) is 9.69 Å². The average molecular weight is 271 g/mol. The molecule has 6 heteroatoms. The SMILES string of the molecule is CNC1COCC1C(=O)NC(C)CN1CCOCC1. The Morgan fingerprint density at radius 1 is 1.32 bits per heavy atom. The first-order valence-electron chi connectivity index (χ1n) is 7.06. The van der Waals surface area contributed by atoms with Gasteiger partial charge in [0.2, 0.25) is 5.91 Å². The number of hydrogen-bond acceptors (Lipinski definition) is 5. The maximum Gasteiger partial charge on any atom is 0.227 e. The second-order valence-electron chi connectivity index (χ2n) is 5.36. The number of amides is 1. The number of nitrogens with zero attached hydrogens (tertiary/aromatic N) is 1. The molecule has 3 unspecified atom stereocenters. The Hall–Kier alpha value is -0.690. The van der Waals surface area contributed by atoms with Crippen LogP contribution in [0.4, 0.5) is 0 Å². The molecule has 1 amide bonds. The van der Waals surface area contributed by atoms with Crippen molar-refractivity contribution in [1.82, 2.24) is 15.5 Å². The van der Waals surface area contributed by atoms with Gasteiger partial charge >= 0.3 is 0 Å². The number of rotatable bonds is 5. The molecule has 2 rings (SSSR count). The fraction of sp³-hybridized carbons (Fsp3) is 0.923. The van der Waals surface area contributed by atoms with Crippen LogP contribution in [0.2, 0.25) is 0 Å². The average Bonchev–Trinajstić information content (AvgIpc) is 2.88. The number of carbonyl (C=O) groups excluding carboxylic acids is 1. The quantitative estimate of drug-likeness (QED) is 0.675. The third-order valence-electron chi connectivity index (χ3n) is 3.81. The maximum atomic E-state index is 12.2. The number of likely N-dealkylation sites (N-methyl/N-ethyl adjacent to an activating group) is 1. The number of ether oxygens (including phenoxy) is 2. The van der Waals surface area contributed by atoms with E-state index in [0.717, 1.165) is 32.8 Å². The lowest BCUT2D eigenvalue weighted by molar-refractivity contribution is -0.126. The number of morpholine rings is 1. The smallest absolute Gasteiger partial charge is 0.227 e.